The standard InChI is InChI=1S/C30H29F3N6O6/c1-38(2)26(40)8-4-3-6-21(36-30(43)44)28(41)35-22-7-5-11-39(29(22)42)15-25-34-23-13-19(32)14-24(27(23)37-25)45-16-17-9-10-18(31)12-20(17)33/h4-5,7-14,21,36H,3,6,15-16H2,1-2H3,(H,34,37)(H,35,41)(H,43,44)/b8-4+. The first-order chi connectivity index (χ1) is 21.4. The van der Waals surface area contributed by atoms with Crippen LogP contribution in [-0.4, -0.2) is 62.6 Å². The molecule has 15 heteroatoms. The van der Waals surface area contributed by atoms with Gasteiger partial charge in [-0.2, -0.15) is 0 Å². The average Bonchev–Trinajstić information content (AvgIpc) is 3.38. The number of H-pyrrole nitrogens is 1. The van der Waals surface area contributed by atoms with E-state index in [2.05, 4.69) is 20.6 Å². The molecule has 0 aliphatic carbocycles. The number of allylic oxidation sites excluding steroid dienone is 1. The third kappa shape index (κ3) is 8.49. The molecular weight excluding hydrogens is 597 g/mol. The van der Waals surface area contributed by atoms with E-state index in [-0.39, 0.29) is 65.8 Å². The zero-order chi connectivity index (χ0) is 32.7. The van der Waals surface area contributed by atoms with E-state index in [1.54, 1.807) is 14.1 Å². The van der Waals surface area contributed by atoms with Crippen LogP contribution in [0.5, 0.6) is 5.75 Å². The van der Waals surface area contributed by atoms with Crippen LogP contribution in [0.25, 0.3) is 11.0 Å². The topological polar surface area (TPSA) is 159 Å². The highest BCUT2D eigenvalue weighted by molar-refractivity contribution is 5.96. The number of hydrogen-bond donors (Lipinski definition) is 4. The number of imidazole rings is 1. The predicted octanol–water partition coefficient (Wildman–Crippen LogP) is 3.77. The second kappa shape index (κ2) is 14.2. The number of anilines is 1. The van der Waals surface area contributed by atoms with Gasteiger partial charge in [0.2, 0.25) is 11.8 Å². The van der Waals surface area contributed by atoms with Crippen molar-refractivity contribution in [3.8, 4) is 5.75 Å². The Morgan fingerprint density at radius 2 is 1.91 bits per heavy atom. The van der Waals surface area contributed by atoms with Gasteiger partial charge in [0.05, 0.1) is 12.1 Å². The zero-order valence-corrected chi connectivity index (χ0v) is 24.1. The lowest BCUT2D eigenvalue weighted by Crippen LogP contribution is -2.44. The number of halogens is 3. The number of rotatable bonds is 12. The number of nitrogens with one attached hydrogen (secondary N) is 3. The monoisotopic (exact) mass is 626 g/mol. The zero-order valence-electron chi connectivity index (χ0n) is 24.1. The summed E-state index contributed by atoms with van der Waals surface area (Å²) < 4.78 is 48.4. The van der Waals surface area contributed by atoms with Crippen LogP contribution in [0.3, 0.4) is 0 Å². The minimum Gasteiger partial charge on any atom is -0.486 e. The van der Waals surface area contributed by atoms with Crippen LogP contribution >= 0.6 is 0 Å². The minimum absolute atomic E-state index is 0.0116. The first-order valence-electron chi connectivity index (χ1n) is 13.5. The smallest absolute Gasteiger partial charge is 0.405 e. The van der Waals surface area contributed by atoms with E-state index in [1.165, 1.54) is 46.0 Å². The van der Waals surface area contributed by atoms with Crippen molar-refractivity contribution >= 4 is 34.6 Å². The van der Waals surface area contributed by atoms with Crippen LogP contribution in [0, 0.1) is 17.5 Å². The van der Waals surface area contributed by atoms with Gasteiger partial charge in [-0.05, 0) is 49.2 Å². The molecule has 0 spiro atoms. The molecule has 45 heavy (non-hydrogen) atoms. The maximum absolute atomic E-state index is 14.3. The van der Waals surface area contributed by atoms with Crippen LogP contribution in [0.15, 0.2) is 65.6 Å². The molecule has 12 nitrogen and oxygen atoms in total. The number of aromatic nitrogens is 3. The van der Waals surface area contributed by atoms with Crippen molar-refractivity contribution in [2.45, 2.75) is 32.0 Å². The minimum atomic E-state index is -1.44. The summed E-state index contributed by atoms with van der Waals surface area (Å²) in [4.78, 5) is 57.7. The molecule has 0 fully saturated rings. The number of pyridine rings is 1. The molecule has 0 bridgehead atoms. The van der Waals surface area contributed by atoms with Crippen LogP contribution in [0.2, 0.25) is 0 Å². The molecule has 0 aliphatic heterocycles. The quantitative estimate of drug-likeness (QED) is 0.174. The number of fused-ring (bicyclic) bond motifs is 1. The fourth-order valence-corrected chi connectivity index (χ4v) is 4.23. The lowest BCUT2D eigenvalue weighted by Gasteiger charge is -2.16. The molecule has 0 saturated heterocycles. The van der Waals surface area contributed by atoms with E-state index in [1.807, 2.05) is 0 Å². The fourth-order valence-electron chi connectivity index (χ4n) is 4.23. The van der Waals surface area contributed by atoms with Gasteiger partial charge >= 0.3 is 6.09 Å². The Balaban J connectivity index is 1.49. The number of hydrogen-bond acceptors (Lipinski definition) is 6. The van der Waals surface area contributed by atoms with Crippen molar-refractivity contribution < 1.29 is 37.4 Å². The van der Waals surface area contributed by atoms with Gasteiger partial charge in [0.15, 0.2) is 5.75 Å². The molecule has 2 aromatic heterocycles. The Hall–Kier alpha value is -5.60. The van der Waals surface area contributed by atoms with E-state index >= 15 is 0 Å². The molecule has 1 unspecified atom stereocenters. The van der Waals surface area contributed by atoms with Crippen LogP contribution in [0.4, 0.5) is 23.7 Å². The number of benzene rings is 2. The van der Waals surface area contributed by atoms with Gasteiger partial charge in [0, 0.05) is 38.0 Å². The van der Waals surface area contributed by atoms with E-state index < -0.39 is 41.1 Å². The summed E-state index contributed by atoms with van der Waals surface area (Å²) in [5, 5.41) is 13.7. The molecule has 2 aromatic carbocycles. The van der Waals surface area contributed by atoms with Crippen molar-refractivity contribution in [3.05, 3.63) is 100 Å². The van der Waals surface area contributed by atoms with Gasteiger partial charge in [0.1, 0.15) is 47.1 Å². The summed E-state index contributed by atoms with van der Waals surface area (Å²) in [6.07, 6.45) is 3.02. The van der Waals surface area contributed by atoms with Gasteiger partial charge in [-0.3, -0.25) is 14.4 Å². The first kappa shape index (κ1) is 32.3. The van der Waals surface area contributed by atoms with Gasteiger partial charge in [0.25, 0.3) is 5.56 Å². The summed E-state index contributed by atoms with van der Waals surface area (Å²) in [7, 11) is 3.14. The van der Waals surface area contributed by atoms with Gasteiger partial charge in [-0.25, -0.2) is 22.9 Å². The Bertz CT molecular complexity index is 1820. The van der Waals surface area contributed by atoms with Crippen LogP contribution in [-0.2, 0) is 22.7 Å². The highest BCUT2D eigenvalue weighted by Gasteiger charge is 2.21. The SMILES string of the molecule is CN(C)C(=O)/C=C/CCC(NC(=O)O)C(=O)Nc1cccn(Cc2nc3c(OCc4ccc(F)cc4F)cc(F)cc3[nH]2)c1=O. The first-order valence-corrected chi connectivity index (χ1v) is 13.5. The van der Waals surface area contributed by atoms with Crippen molar-refractivity contribution in [2.24, 2.45) is 0 Å². The number of ether oxygens (including phenoxy) is 1. The Morgan fingerprint density at radius 3 is 2.62 bits per heavy atom. The van der Waals surface area contributed by atoms with Gasteiger partial charge < -0.3 is 34.9 Å². The fraction of sp³-hybridized carbons (Fsp3) is 0.233. The molecule has 1 atom stereocenters. The maximum atomic E-state index is 14.3. The van der Waals surface area contributed by atoms with E-state index in [0.29, 0.717) is 6.07 Å². The maximum Gasteiger partial charge on any atom is 0.405 e. The van der Waals surface area contributed by atoms with Crippen molar-refractivity contribution in [2.75, 3.05) is 19.4 Å². The molecule has 4 rings (SSSR count). The summed E-state index contributed by atoms with van der Waals surface area (Å²) in [6, 6.07) is 6.83. The van der Waals surface area contributed by atoms with Gasteiger partial charge in [-0.15, -0.1) is 0 Å². The van der Waals surface area contributed by atoms with Crippen LogP contribution in [0.1, 0.15) is 24.2 Å². The molecule has 236 valence electrons. The van der Waals surface area contributed by atoms with E-state index in [9.17, 15) is 37.5 Å². The number of amides is 3. The number of nitrogens with zero attached hydrogens (tertiary/aromatic N) is 3. The van der Waals surface area contributed by atoms with Crippen molar-refractivity contribution in [1.82, 2.24) is 24.8 Å². The number of carbonyl (C=O) groups excluding carboxylic acids is 2. The molecule has 3 amide bonds. The molecule has 0 radical (unpaired) electrons. The molecular formula is C30H29F3N6O6. The summed E-state index contributed by atoms with van der Waals surface area (Å²) in [5.74, 6) is -3.08. The largest absolute Gasteiger partial charge is 0.486 e. The number of carbonyl (C=O) groups is 3. The normalized spacial score (nSPS) is 11.8. The van der Waals surface area contributed by atoms with E-state index in [4.69, 9.17) is 4.74 Å². The number of carboxylic acid groups (broad SMARTS) is 1. The lowest BCUT2D eigenvalue weighted by molar-refractivity contribution is -0.123. The molecule has 4 N–H and O–H groups in total. The molecule has 0 aliphatic rings. The van der Waals surface area contributed by atoms with Crippen LogP contribution < -0.4 is 20.9 Å². The molecule has 2 heterocycles. The lowest BCUT2D eigenvalue weighted by atomic mass is 10.1. The third-order valence-electron chi connectivity index (χ3n) is 6.50. The second-order valence-corrected chi connectivity index (χ2v) is 10.1. The summed E-state index contributed by atoms with van der Waals surface area (Å²) in [6.45, 7) is -0.456. The van der Waals surface area contributed by atoms with E-state index in [0.717, 1.165) is 18.2 Å². The summed E-state index contributed by atoms with van der Waals surface area (Å²) >= 11 is 0. The third-order valence-corrected chi connectivity index (χ3v) is 6.50. The second-order valence-electron chi connectivity index (χ2n) is 10.1. The Labute approximate surface area is 254 Å². The highest BCUT2D eigenvalue weighted by Crippen LogP contribution is 2.27. The summed E-state index contributed by atoms with van der Waals surface area (Å²) in [5.41, 5.74) is -0.278. The highest BCUT2D eigenvalue weighted by atomic mass is 19.1. The molecule has 0 saturated carbocycles. The predicted molar refractivity (Wildman–Crippen MR) is 157 cm³/mol. The average molecular weight is 627 g/mol. The van der Waals surface area contributed by atoms with Crippen molar-refractivity contribution in [1.29, 1.82) is 0 Å². The van der Waals surface area contributed by atoms with Crippen molar-refractivity contribution in [3.63, 3.8) is 0 Å². The Kier molecular flexibility index (Phi) is 10.2. The number of aromatic amines is 1. The molecule has 4 aromatic rings. The Morgan fingerprint density at radius 1 is 1.13 bits per heavy atom. The van der Waals surface area contributed by atoms with Gasteiger partial charge in [-0.1, -0.05) is 6.08 Å². The number of likely N-dealkylation sites (N-methyl/N-ethyl adjacent to an activating group) is 1.